The molecule has 1 N–H and O–H groups in total. The molecule has 1 aromatic rings. The van der Waals surface area contributed by atoms with Crippen molar-refractivity contribution in [2.24, 2.45) is 0 Å². The van der Waals surface area contributed by atoms with Gasteiger partial charge in [0.15, 0.2) is 0 Å². The summed E-state index contributed by atoms with van der Waals surface area (Å²) in [7, 11) is 0. The maximum atomic E-state index is 11.8. The van der Waals surface area contributed by atoms with Crippen LogP contribution >= 0.6 is 0 Å². The molecule has 1 aliphatic heterocycles. The number of aliphatic hydroxyl groups is 1. The van der Waals surface area contributed by atoms with Crippen LogP contribution in [0.2, 0.25) is 0 Å². The zero-order chi connectivity index (χ0) is 13.5. The van der Waals surface area contributed by atoms with Crippen LogP contribution in [0.4, 0.5) is 5.69 Å². The van der Waals surface area contributed by atoms with Crippen LogP contribution in [0.3, 0.4) is 0 Å². The van der Waals surface area contributed by atoms with Gasteiger partial charge in [-0.2, -0.15) is 0 Å². The maximum Gasteiger partial charge on any atom is 0.248 e. The number of para-hydroxylation sites is 1. The molecule has 19 heavy (non-hydrogen) atoms. The molecule has 0 aliphatic carbocycles. The highest BCUT2D eigenvalue weighted by molar-refractivity contribution is 5.77. The molecule has 1 heterocycles. The lowest BCUT2D eigenvalue weighted by Crippen LogP contribution is -2.49. The van der Waals surface area contributed by atoms with Crippen molar-refractivity contribution >= 4 is 11.6 Å². The van der Waals surface area contributed by atoms with E-state index in [-0.39, 0.29) is 25.7 Å². The lowest BCUT2D eigenvalue weighted by molar-refractivity contribution is -0.136. The zero-order valence-electron chi connectivity index (χ0n) is 11.0. The van der Waals surface area contributed by atoms with E-state index in [2.05, 4.69) is 17.0 Å². The molecule has 0 spiro atoms. The van der Waals surface area contributed by atoms with Crippen molar-refractivity contribution in [2.45, 2.75) is 0 Å². The van der Waals surface area contributed by atoms with E-state index in [1.165, 1.54) is 5.69 Å². The van der Waals surface area contributed by atoms with Crippen molar-refractivity contribution in [3.63, 3.8) is 0 Å². The summed E-state index contributed by atoms with van der Waals surface area (Å²) < 4.78 is 5.05. The largest absolute Gasteiger partial charge is 0.394 e. The molecular formula is C14H20N2O3. The average molecular weight is 264 g/mol. The molecule has 1 fully saturated rings. The third-order valence-corrected chi connectivity index (χ3v) is 3.21. The quantitative estimate of drug-likeness (QED) is 0.779. The summed E-state index contributed by atoms with van der Waals surface area (Å²) in [6, 6.07) is 10.2. The molecule has 1 aromatic carbocycles. The molecule has 5 heteroatoms. The molecule has 0 bridgehead atoms. The van der Waals surface area contributed by atoms with E-state index in [9.17, 15) is 4.79 Å². The Morgan fingerprint density at radius 1 is 1.16 bits per heavy atom. The monoisotopic (exact) mass is 264 g/mol. The van der Waals surface area contributed by atoms with Gasteiger partial charge in [0.25, 0.3) is 0 Å². The van der Waals surface area contributed by atoms with Crippen molar-refractivity contribution in [3.8, 4) is 0 Å². The fraction of sp³-hybridized carbons (Fsp3) is 0.500. The van der Waals surface area contributed by atoms with Gasteiger partial charge in [-0.1, -0.05) is 18.2 Å². The standard InChI is InChI=1S/C14H20N2O3/c17-10-11-19-12-14(18)16-8-6-15(7-9-16)13-4-2-1-3-5-13/h1-5,17H,6-12H2. The van der Waals surface area contributed by atoms with Crippen LogP contribution in [-0.2, 0) is 9.53 Å². The molecule has 0 radical (unpaired) electrons. The molecule has 2 rings (SSSR count). The predicted molar refractivity (Wildman–Crippen MR) is 73.1 cm³/mol. The van der Waals surface area contributed by atoms with E-state index in [0.717, 1.165) is 26.2 Å². The first-order chi connectivity index (χ1) is 9.31. The number of ether oxygens (including phenoxy) is 1. The summed E-state index contributed by atoms with van der Waals surface area (Å²) in [5.74, 6) is 0.00108. The lowest BCUT2D eigenvalue weighted by atomic mass is 10.2. The molecule has 1 aliphatic rings. The van der Waals surface area contributed by atoms with Crippen LogP contribution < -0.4 is 4.90 Å². The van der Waals surface area contributed by atoms with E-state index in [0.29, 0.717) is 0 Å². The first-order valence-electron chi connectivity index (χ1n) is 6.57. The second-order valence-electron chi connectivity index (χ2n) is 4.48. The number of hydrogen-bond donors (Lipinski definition) is 1. The average Bonchev–Trinajstić information content (AvgIpc) is 2.48. The maximum absolute atomic E-state index is 11.8. The fourth-order valence-corrected chi connectivity index (χ4v) is 2.17. The van der Waals surface area contributed by atoms with Gasteiger partial charge in [0.2, 0.25) is 5.91 Å². The van der Waals surface area contributed by atoms with Crippen LogP contribution in [0.1, 0.15) is 0 Å². The Kier molecular flexibility index (Phi) is 5.18. The molecule has 0 saturated carbocycles. The second kappa shape index (κ2) is 7.11. The van der Waals surface area contributed by atoms with Crippen LogP contribution in [0, 0.1) is 0 Å². The minimum absolute atomic E-state index is 0.00108. The third kappa shape index (κ3) is 3.94. The van der Waals surface area contributed by atoms with Crippen molar-refractivity contribution in [2.75, 3.05) is 50.9 Å². The van der Waals surface area contributed by atoms with Gasteiger partial charge in [0.1, 0.15) is 6.61 Å². The Labute approximate surface area is 113 Å². The number of benzene rings is 1. The van der Waals surface area contributed by atoms with Gasteiger partial charge in [-0.25, -0.2) is 0 Å². The number of nitrogens with zero attached hydrogens (tertiary/aromatic N) is 2. The number of amides is 1. The Bertz CT molecular complexity index is 389. The normalized spacial score (nSPS) is 15.6. The summed E-state index contributed by atoms with van der Waals surface area (Å²) >= 11 is 0. The van der Waals surface area contributed by atoms with Crippen LogP contribution in [0.25, 0.3) is 0 Å². The van der Waals surface area contributed by atoms with Gasteiger partial charge in [0, 0.05) is 31.9 Å². The smallest absolute Gasteiger partial charge is 0.248 e. The summed E-state index contributed by atoms with van der Waals surface area (Å²) in [5, 5.41) is 8.59. The lowest BCUT2D eigenvalue weighted by Gasteiger charge is -2.36. The van der Waals surface area contributed by atoms with Crippen LogP contribution in [0.5, 0.6) is 0 Å². The Hall–Kier alpha value is -1.59. The van der Waals surface area contributed by atoms with E-state index in [4.69, 9.17) is 9.84 Å². The topological polar surface area (TPSA) is 53.0 Å². The molecule has 1 amide bonds. The summed E-state index contributed by atoms with van der Waals surface area (Å²) in [5.41, 5.74) is 1.20. The van der Waals surface area contributed by atoms with E-state index >= 15 is 0 Å². The van der Waals surface area contributed by atoms with Gasteiger partial charge < -0.3 is 19.6 Å². The van der Waals surface area contributed by atoms with Crippen LogP contribution in [0.15, 0.2) is 30.3 Å². The summed E-state index contributed by atoms with van der Waals surface area (Å²) in [6.07, 6.45) is 0. The summed E-state index contributed by atoms with van der Waals surface area (Å²) in [4.78, 5) is 15.9. The highest BCUT2D eigenvalue weighted by Crippen LogP contribution is 2.15. The van der Waals surface area contributed by atoms with Gasteiger partial charge in [-0.15, -0.1) is 0 Å². The Morgan fingerprint density at radius 3 is 2.47 bits per heavy atom. The molecule has 0 atom stereocenters. The number of piperazine rings is 1. The van der Waals surface area contributed by atoms with Crippen LogP contribution in [-0.4, -0.2) is 61.9 Å². The minimum atomic E-state index is -0.0466. The van der Waals surface area contributed by atoms with E-state index in [1.807, 2.05) is 23.1 Å². The van der Waals surface area contributed by atoms with Gasteiger partial charge in [0.05, 0.1) is 13.2 Å². The number of aliphatic hydroxyl groups excluding tert-OH is 1. The van der Waals surface area contributed by atoms with Crippen molar-refractivity contribution < 1.29 is 14.6 Å². The van der Waals surface area contributed by atoms with Gasteiger partial charge >= 0.3 is 0 Å². The van der Waals surface area contributed by atoms with Crippen molar-refractivity contribution in [1.82, 2.24) is 4.90 Å². The first-order valence-corrected chi connectivity index (χ1v) is 6.57. The number of rotatable bonds is 5. The number of anilines is 1. The van der Waals surface area contributed by atoms with E-state index < -0.39 is 0 Å². The van der Waals surface area contributed by atoms with Crippen molar-refractivity contribution in [1.29, 1.82) is 0 Å². The van der Waals surface area contributed by atoms with Gasteiger partial charge in [-0.05, 0) is 12.1 Å². The predicted octanol–water partition coefficient (Wildman–Crippen LogP) is 0.344. The molecule has 5 nitrogen and oxygen atoms in total. The SMILES string of the molecule is O=C(COCCO)N1CCN(c2ccccc2)CC1. The van der Waals surface area contributed by atoms with Gasteiger partial charge in [-0.3, -0.25) is 4.79 Å². The molecule has 0 aromatic heterocycles. The second-order valence-corrected chi connectivity index (χ2v) is 4.48. The zero-order valence-corrected chi connectivity index (χ0v) is 11.0. The summed E-state index contributed by atoms with van der Waals surface area (Å²) in [6.45, 7) is 3.36. The number of carbonyl (C=O) groups is 1. The molecule has 1 saturated heterocycles. The highest BCUT2D eigenvalue weighted by Gasteiger charge is 2.20. The highest BCUT2D eigenvalue weighted by atomic mass is 16.5. The van der Waals surface area contributed by atoms with E-state index in [1.54, 1.807) is 0 Å². The third-order valence-electron chi connectivity index (χ3n) is 3.21. The molecule has 104 valence electrons. The number of carbonyl (C=O) groups excluding carboxylic acids is 1. The fourth-order valence-electron chi connectivity index (χ4n) is 2.17. The molecular weight excluding hydrogens is 244 g/mol. The molecule has 0 unspecified atom stereocenters. The Morgan fingerprint density at radius 2 is 1.84 bits per heavy atom. The number of hydrogen-bond acceptors (Lipinski definition) is 4. The van der Waals surface area contributed by atoms with Crippen molar-refractivity contribution in [3.05, 3.63) is 30.3 Å². The first kappa shape index (κ1) is 13.8. The minimum Gasteiger partial charge on any atom is -0.394 e. The Balaban J connectivity index is 1.77.